The molecule has 1 N–H and O–H groups in total. The van der Waals surface area contributed by atoms with Crippen LogP contribution in [-0.4, -0.2) is 33.6 Å². The van der Waals surface area contributed by atoms with Crippen molar-refractivity contribution in [3.05, 3.63) is 34.3 Å². The summed E-state index contributed by atoms with van der Waals surface area (Å²) in [5, 5.41) is 14.6. The van der Waals surface area contributed by atoms with Gasteiger partial charge in [0.05, 0.1) is 0 Å². The zero-order valence-electron chi connectivity index (χ0n) is 14.0. The number of aryl methyl sites for hydroxylation is 1. The average Bonchev–Trinajstić information content (AvgIpc) is 2.87. The van der Waals surface area contributed by atoms with E-state index < -0.39 is 24.2 Å². The molecule has 0 saturated carbocycles. The lowest BCUT2D eigenvalue weighted by Gasteiger charge is -2.32. The van der Waals surface area contributed by atoms with Crippen LogP contribution in [0.1, 0.15) is 54.9 Å². The lowest BCUT2D eigenvalue weighted by atomic mass is 10.0. The highest BCUT2D eigenvalue weighted by Gasteiger charge is 2.63. The van der Waals surface area contributed by atoms with E-state index in [0.717, 1.165) is 12.8 Å². The van der Waals surface area contributed by atoms with E-state index >= 15 is 0 Å². The van der Waals surface area contributed by atoms with Gasteiger partial charge < -0.3 is 5.11 Å². The lowest BCUT2D eigenvalue weighted by Crippen LogP contribution is -2.56. The molecule has 138 valence electrons. The van der Waals surface area contributed by atoms with Crippen LogP contribution >= 0.6 is 11.6 Å². The summed E-state index contributed by atoms with van der Waals surface area (Å²) in [6, 6.07) is 4.13. The molecule has 1 amide bonds. The minimum atomic E-state index is -5.01. The Morgan fingerprint density at radius 3 is 2.64 bits per heavy atom. The average molecular weight is 377 g/mol. The van der Waals surface area contributed by atoms with Crippen LogP contribution in [0.5, 0.6) is 0 Å². The van der Waals surface area contributed by atoms with Crippen molar-refractivity contribution in [1.29, 1.82) is 0 Å². The van der Waals surface area contributed by atoms with Crippen molar-refractivity contribution in [3.63, 3.8) is 0 Å². The minimum absolute atomic E-state index is 0.0110. The van der Waals surface area contributed by atoms with Gasteiger partial charge in [0.15, 0.2) is 0 Å². The molecule has 4 nitrogen and oxygen atoms in total. The van der Waals surface area contributed by atoms with Crippen LogP contribution in [0.3, 0.4) is 0 Å². The Bertz CT molecular complexity index is 691. The van der Waals surface area contributed by atoms with Crippen molar-refractivity contribution in [2.24, 2.45) is 5.10 Å². The van der Waals surface area contributed by atoms with Crippen molar-refractivity contribution in [3.8, 4) is 0 Å². The number of nitrogens with zero attached hydrogens (tertiary/aromatic N) is 2. The van der Waals surface area contributed by atoms with Crippen LogP contribution in [0.25, 0.3) is 0 Å². The van der Waals surface area contributed by atoms with Gasteiger partial charge in [-0.05, 0) is 43.5 Å². The van der Waals surface area contributed by atoms with E-state index in [1.54, 1.807) is 6.92 Å². The summed E-state index contributed by atoms with van der Waals surface area (Å²) in [7, 11) is 0. The third-order valence-corrected chi connectivity index (χ3v) is 4.59. The van der Waals surface area contributed by atoms with Crippen LogP contribution in [0, 0.1) is 6.92 Å². The summed E-state index contributed by atoms with van der Waals surface area (Å²) in [4.78, 5) is 12.6. The first-order chi connectivity index (χ1) is 11.6. The molecule has 0 aliphatic carbocycles. The summed E-state index contributed by atoms with van der Waals surface area (Å²) in [6.07, 6.45) is -3.02. The molecule has 0 fully saturated rings. The molecule has 2 rings (SSSR count). The standard InChI is InChI=1S/C17H20ClF3N2O2/c1-3-4-5-6-13-10-16(25,17(19,20)21)23(22-13)15(24)12-7-8-14(18)11(2)9-12/h7-9,25H,3-6,10H2,1-2H3/t16-/m0/s1. The number of alkyl halides is 3. The number of hydrazone groups is 1. The van der Waals surface area contributed by atoms with Gasteiger partial charge in [-0.15, -0.1) is 0 Å². The Labute approximate surface area is 149 Å². The van der Waals surface area contributed by atoms with Crippen LogP contribution < -0.4 is 0 Å². The number of benzene rings is 1. The zero-order valence-corrected chi connectivity index (χ0v) is 14.8. The van der Waals surface area contributed by atoms with Gasteiger partial charge in [-0.3, -0.25) is 4.79 Å². The number of rotatable bonds is 5. The predicted octanol–water partition coefficient (Wildman–Crippen LogP) is 4.68. The number of amides is 1. The number of carbonyl (C=O) groups is 1. The Hall–Kier alpha value is -1.60. The van der Waals surface area contributed by atoms with Gasteiger partial charge in [0, 0.05) is 22.7 Å². The van der Waals surface area contributed by atoms with E-state index in [0.29, 0.717) is 23.4 Å². The van der Waals surface area contributed by atoms with Gasteiger partial charge in [0.25, 0.3) is 11.6 Å². The molecule has 0 aromatic heterocycles. The monoisotopic (exact) mass is 376 g/mol. The summed E-state index contributed by atoms with van der Waals surface area (Å²) in [5.74, 6) is -1.01. The van der Waals surface area contributed by atoms with Gasteiger partial charge in [0.2, 0.25) is 0 Å². The number of aliphatic hydroxyl groups is 1. The third-order valence-electron chi connectivity index (χ3n) is 4.16. The second-order valence-corrected chi connectivity index (χ2v) is 6.60. The minimum Gasteiger partial charge on any atom is -0.362 e. The second kappa shape index (κ2) is 7.33. The smallest absolute Gasteiger partial charge is 0.362 e. The van der Waals surface area contributed by atoms with Crippen LogP contribution in [-0.2, 0) is 0 Å². The maximum Gasteiger partial charge on any atom is 0.438 e. The van der Waals surface area contributed by atoms with E-state index in [-0.39, 0.29) is 16.3 Å². The van der Waals surface area contributed by atoms with Gasteiger partial charge in [-0.2, -0.15) is 23.3 Å². The topological polar surface area (TPSA) is 52.9 Å². The maximum atomic E-state index is 13.4. The molecule has 1 aromatic rings. The van der Waals surface area contributed by atoms with Crippen LogP contribution in [0.2, 0.25) is 5.02 Å². The van der Waals surface area contributed by atoms with E-state index in [1.807, 2.05) is 6.92 Å². The molecule has 1 aromatic carbocycles. The Balaban J connectivity index is 2.34. The molecule has 8 heteroatoms. The Morgan fingerprint density at radius 2 is 2.08 bits per heavy atom. The molecule has 0 saturated heterocycles. The first-order valence-corrected chi connectivity index (χ1v) is 8.44. The molecule has 0 unspecified atom stereocenters. The summed E-state index contributed by atoms with van der Waals surface area (Å²) < 4.78 is 40.3. The quantitative estimate of drug-likeness (QED) is 0.758. The maximum absolute atomic E-state index is 13.4. The number of carbonyl (C=O) groups excluding carboxylic acids is 1. The Kier molecular flexibility index (Phi) is 5.79. The molecule has 0 radical (unpaired) electrons. The van der Waals surface area contributed by atoms with Crippen molar-refractivity contribution in [2.45, 2.75) is 57.9 Å². The Morgan fingerprint density at radius 1 is 1.40 bits per heavy atom. The van der Waals surface area contributed by atoms with Crippen molar-refractivity contribution in [2.75, 3.05) is 0 Å². The first kappa shape index (κ1) is 19.7. The molecule has 1 atom stereocenters. The normalized spacial score (nSPS) is 20.8. The lowest BCUT2D eigenvalue weighted by molar-refractivity contribution is -0.297. The van der Waals surface area contributed by atoms with E-state index in [4.69, 9.17) is 11.6 Å². The van der Waals surface area contributed by atoms with Crippen molar-refractivity contribution >= 4 is 23.2 Å². The molecule has 1 aliphatic rings. The van der Waals surface area contributed by atoms with Gasteiger partial charge in [-0.25, -0.2) is 0 Å². The largest absolute Gasteiger partial charge is 0.438 e. The van der Waals surface area contributed by atoms with Crippen LogP contribution in [0.4, 0.5) is 13.2 Å². The van der Waals surface area contributed by atoms with Gasteiger partial charge in [0.1, 0.15) is 0 Å². The fraction of sp³-hybridized carbons (Fsp3) is 0.529. The molecule has 1 heterocycles. The number of hydrogen-bond donors (Lipinski definition) is 1. The molecular weight excluding hydrogens is 357 g/mol. The molecule has 1 aliphatic heterocycles. The number of hydrogen-bond acceptors (Lipinski definition) is 3. The molecule has 25 heavy (non-hydrogen) atoms. The fourth-order valence-corrected chi connectivity index (χ4v) is 2.79. The highest BCUT2D eigenvalue weighted by atomic mass is 35.5. The number of unbranched alkanes of at least 4 members (excludes halogenated alkanes) is 2. The second-order valence-electron chi connectivity index (χ2n) is 6.20. The van der Waals surface area contributed by atoms with Crippen molar-refractivity contribution in [1.82, 2.24) is 5.01 Å². The predicted molar refractivity (Wildman–Crippen MR) is 89.6 cm³/mol. The van der Waals surface area contributed by atoms with E-state index in [1.165, 1.54) is 18.2 Å². The SMILES string of the molecule is CCCCCC1=NN(C(=O)c2ccc(Cl)c(C)c2)[C@@](O)(C(F)(F)F)C1. The van der Waals surface area contributed by atoms with E-state index in [9.17, 15) is 23.1 Å². The molecule has 0 bridgehead atoms. The fourth-order valence-electron chi connectivity index (χ4n) is 2.67. The highest BCUT2D eigenvalue weighted by Crippen LogP contribution is 2.41. The number of halogens is 4. The highest BCUT2D eigenvalue weighted by molar-refractivity contribution is 6.31. The molecule has 0 spiro atoms. The zero-order chi connectivity index (χ0) is 18.8. The van der Waals surface area contributed by atoms with Gasteiger partial charge >= 0.3 is 6.18 Å². The van der Waals surface area contributed by atoms with E-state index in [2.05, 4.69) is 5.10 Å². The summed E-state index contributed by atoms with van der Waals surface area (Å²) in [6.45, 7) is 3.61. The summed E-state index contributed by atoms with van der Waals surface area (Å²) in [5.41, 5.74) is -2.61. The third kappa shape index (κ3) is 3.98. The summed E-state index contributed by atoms with van der Waals surface area (Å²) >= 11 is 5.89. The van der Waals surface area contributed by atoms with Crippen molar-refractivity contribution < 1.29 is 23.1 Å². The first-order valence-electron chi connectivity index (χ1n) is 8.06. The molecular formula is C17H20ClF3N2O2. The van der Waals surface area contributed by atoms with Gasteiger partial charge in [-0.1, -0.05) is 31.4 Å². The van der Waals surface area contributed by atoms with Crippen LogP contribution in [0.15, 0.2) is 23.3 Å².